The molecule has 1 rings (SSSR count). The third-order valence-electron chi connectivity index (χ3n) is 2.56. The van der Waals surface area contributed by atoms with Crippen molar-refractivity contribution in [1.29, 1.82) is 0 Å². The summed E-state index contributed by atoms with van der Waals surface area (Å²) in [6.07, 6.45) is 5.30. The average Bonchev–Trinajstić information content (AvgIpc) is 2.08. The predicted octanol–water partition coefficient (Wildman–Crippen LogP) is 1.80. The molecule has 2 nitrogen and oxygen atoms in total. The monoisotopic (exact) mass is 183 g/mol. The molecule has 1 N–H and O–H groups in total. The lowest BCUT2D eigenvalue weighted by atomic mass is 10.1. The molecule has 0 aromatic carbocycles. The van der Waals surface area contributed by atoms with Crippen LogP contribution in [0.4, 0.5) is 0 Å². The summed E-state index contributed by atoms with van der Waals surface area (Å²) in [7, 11) is 0. The van der Waals surface area contributed by atoms with Crippen LogP contribution in [-0.4, -0.2) is 35.7 Å². The standard InChI is InChI=1S/C11H21NO/c1-10(2)4-3-7-12-8-5-11(13)6-9-12/h4,11,13H,3,5-9H2,1-2H3. The molecule has 0 atom stereocenters. The van der Waals surface area contributed by atoms with Crippen LogP contribution in [0.1, 0.15) is 33.1 Å². The minimum Gasteiger partial charge on any atom is -0.393 e. The fourth-order valence-electron chi connectivity index (χ4n) is 1.68. The number of piperidine rings is 1. The van der Waals surface area contributed by atoms with Crippen LogP contribution in [0.25, 0.3) is 0 Å². The van der Waals surface area contributed by atoms with Crippen LogP contribution in [-0.2, 0) is 0 Å². The van der Waals surface area contributed by atoms with E-state index in [0.29, 0.717) is 0 Å². The maximum atomic E-state index is 9.30. The van der Waals surface area contributed by atoms with E-state index >= 15 is 0 Å². The van der Waals surface area contributed by atoms with Gasteiger partial charge >= 0.3 is 0 Å². The zero-order valence-electron chi connectivity index (χ0n) is 8.79. The summed E-state index contributed by atoms with van der Waals surface area (Å²) in [6.45, 7) is 7.56. The fraction of sp³-hybridized carbons (Fsp3) is 0.818. The molecule has 0 aromatic rings. The van der Waals surface area contributed by atoms with Gasteiger partial charge in [-0.2, -0.15) is 0 Å². The Bertz CT molecular complexity index is 165. The molecule has 1 saturated heterocycles. The molecule has 0 unspecified atom stereocenters. The van der Waals surface area contributed by atoms with Gasteiger partial charge in [0.05, 0.1) is 6.10 Å². The molecule has 0 spiro atoms. The van der Waals surface area contributed by atoms with Gasteiger partial charge in [-0.15, -0.1) is 0 Å². The predicted molar refractivity (Wildman–Crippen MR) is 55.7 cm³/mol. The highest BCUT2D eigenvalue weighted by Crippen LogP contribution is 2.10. The van der Waals surface area contributed by atoms with Gasteiger partial charge in [-0.1, -0.05) is 11.6 Å². The molecule has 0 radical (unpaired) electrons. The van der Waals surface area contributed by atoms with Crippen molar-refractivity contribution in [1.82, 2.24) is 4.90 Å². The van der Waals surface area contributed by atoms with Gasteiger partial charge in [-0.05, 0) is 33.1 Å². The lowest BCUT2D eigenvalue weighted by molar-refractivity contribution is 0.0835. The Morgan fingerprint density at radius 2 is 2.00 bits per heavy atom. The minimum absolute atomic E-state index is 0.0419. The van der Waals surface area contributed by atoms with E-state index in [9.17, 15) is 5.11 Å². The second-order valence-corrected chi connectivity index (χ2v) is 4.14. The molecule has 0 aliphatic carbocycles. The first-order valence-electron chi connectivity index (χ1n) is 5.22. The lowest BCUT2D eigenvalue weighted by Crippen LogP contribution is -2.36. The highest BCUT2D eigenvalue weighted by Gasteiger charge is 2.15. The fourth-order valence-corrected chi connectivity index (χ4v) is 1.68. The Morgan fingerprint density at radius 1 is 1.38 bits per heavy atom. The van der Waals surface area contributed by atoms with Crippen LogP contribution in [0, 0.1) is 0 Å². The summed E-state index contributed by atoms with van der Waals surface area (Å²) in [5, 5.41) is 9.30. The molecule has 0 amide bonds. The maximum absolute atomic E-state index is 9.30. The number of likely N-dealkylation sites (tertiary alicyclic amines) is 1. The van der Waals surface area contributed by atoms with Gasteiger partial charge in [0.2, 0.25) is 0 Å². The largest absolute Gasteiger partial charge is 0.393 e. The van der Waals surface area contributed by atoms with Gasteiger partial charge in [0.15, 0.2) is 0 Å². The van der Waals surface area contributed by atoms with Gasteiger partial charge < -0.3 is 10.0 Å². The Labute approximate surface area is 81.2 Å². The first-order valence-corrected chi connectivity index (χ1v) is 5.22. The van der Waals surface area contributed by atoms with Crippen molar-refractivity contribution >= 4 is 0 Å². The van der Waals surface area contributed by atoms with Crippen LogP contribution in [0.3, 0.4) is 0 Å². The quantitative estimate of drug-likeness (QED) is 0.674. The van der Waals surface area contributed by atoms with Gasteiger partial charge in [-0.3, -0.25) is 0 Å². The smallest absolute Gasteiger partial charge is 0.0564 e. The molecule has 13 heavy (non-hydrogen) atoms. The topological polar surface area (TPSA) is 23.5 Å². The van der Waals surface area contributed by atoms with Crippen LogP contribution in [0.5, 0.6) is 0 Å². The second kappa shape index (κ2) is 5.40. The van der Waals surface area contributed by atoms with E-state index < -0.39 is 0 Å². The van der Waals surface area contributed by atoms with Crippen molar-refractivity contribution in [2.75, 3.05) is 19.6 Å². The van der Waals surface area contributed by atoms with Crippen molar-refractivity contribution in [3.63, 3.8) is 0 Å². The zero-order valence-corrected chi connectivity index (χ0v) is 8.79. The van der Waals surface area contributed by atoms with Gasteiger partial charge in [0, 0.05) is 19.6 Å². The third kappa shape index (κ3) is 4.44. The maximum Gasteiger partial charge on any atom is 0.0564 e. The molecule has 2 heteroatoms. The first-order chi connectivity index (χ1) is 6.18. The molecule has 1 aliphatic rings. The molecule has 0 aromatic heterocycles. The van der Waals surface area contributed by atoms with Crippen molar-refractivity contribution in [3.05, 3.63) is 11.6 Å². The highest BCUT2D eigenvalue weighted by molar-refractivity contribution is 4.93. The number of allylic oxidation sites excluding steroid dienone is 1. The van der Waals surface area contributed by atoms with E-state index in [1.807, 2.05) is 0 Å². The minimum atomic E-state index is -0.0419. The highest BCUT2D eigenvalue weighted by atomic mass is 16.3. The third-order valence-corrected chi connectivity index (χ3v) is 2.56. The van der Waals surface area contributed by atoms with E-state index in [1.54, 1.807) is 0 Å². The molecule has 0 bridgehead atoms. The molecule has 1 fully saturated rings. The summed E-state index contributed by atoms with van der Waals surface area (Å²) in [5.74, 6) is 0. The second-order valence-electron chi connectivity index (χ2n) is 4.14. The Hall–Kier alpha value is -0.340. The SMILES string of the molecule is CC(C)=CCCN1CCC(O)CC1. The zero-order chi connectivity index (χ0) is 9.68. The normalized spacial score (nSPS) is 20.2. The summed E-state index contributed by atoms with van der Waals surface area (Å²) < 4.78 is 0. The van der Waals surface area contributed by atoms with E-state index in [0.717, 1.165) is 38.9 Å². The van der Waals surface area contributed by atoms with E-state index in [1.165, 1.54) is 5.57 Å². The lowest BCUT2D eigenvalue weighted by Gasteiger charge is -2.28. The molecule has 1 heterocycles. The van der Waals surface area contributed by atoms with E-state index in [2.05, 4.69) is 24.8 Å². The molecular formula is C11H21NO. The number of rotatable bonds is 3. The van der Waals surface area contributed by atoms with E-state index in [4.69, 9.17) is 0 Å². The van der Waals surface area contributed by atoms with Crippen LogP contribution < -0.4 is 0 Å². The van der Waals surface area contributed by atoms with Crippen molar-refractivity contribution in [2.45, 2.75) is 39.2 Å². The number of aliphatic hydroxyl groups excluding tert-OH is 1. The van der Waals surface area contributed by atoms with Crippen molar-refractivity contribution < 1.29 is 5.11 Å². The van der Waals surface area contributed by atoms with Crippen LogP contribution >= 0.6 is 0 Å². The van der Waals surface area contributed by atoms with Crippen LogP contribution in [0.2, 0.25) is 0 Å². The number of aliphatic hydroxyl groups is 1. The number of hydrogen-bond acceptors (Lipinski definition) is 2. The Kier molecular flexibility index (Phi) is 4.46. The first kappa shape index (κ1) is 10.7. The van der Waals surface area contributed by atoms with Crippen LogP contribution in [0.15, 0.2) is 11.6 Å². The van der Waals surface area contributed by atoms with Crippen molar-refractivity contribution in [2.24, 2.45) is 0 Å². The number of hydrogen-bond donors (Lipinski definition) is 1. The van der Waals surface area contributed by atoms with Gasteiger partial charge in [0.1, 0.15) is 0 Å². The summed E-state index contributed by atoms with van der Waals surface area (Å²) in [5.41, 5.74) is 1.40. The van der Waals surface area contributed by atoms with E-state index in [-0.39, 0.29) is 6.10 Å². The van der Waals surface area contributed by atoms with Gasteiger partial charge in [0.25, 0.3) is 0 Å². The summed E-state index contributed by atoms with van der Waals surface area (Å²) >= 11 is 0. The molecule has 1 aliphatic heterocycles. The molecular weight excluding hydrogens is 162 g/mol. The van der Waals surface area contributed by atoms with Crippen molar-refractivity contribution in [3.8, 4) is 0 Å². The number of nitrogens with zero attached hydrogens (tertiary/aromatic N) is 1. The Morgan fingerprint density at radius 3 is 2.54 bits per heavy atom. The molecule has 76 valence electrons. The van der Waals surface area contributed by atoms with Gasteiger partial charge in [-0.25, -0.2) is 0 Å². The Balaban J connectivity index is 2.12. The molecule has 0 saturated carbocycles. The summed E-state index contributed by atoms with van der Waals surface area (Å²) in [4.78, 5) is 2.44. The average molecular weight is 183 g/mol. The summed E-state index contributed by atoms with van der Waals surface area (Å²) in [6, 6.07) is 0.